The van der Waals surface area contributed by atoms with Crippen molar-refractivity contribution in [3.8, 4) is 27.6 Å². The number of hydrogen-bond donors (Lipinski definition) is 1. The molecule has 0 aliphatic heterocycles. The summed E-state index contributed by atoms with van der Waals surface area (Å²) in [6.07, 6.45) is 0. The van der Waals surface area contributed by atoms with Crippen molar-refractivity contribution in [2.45, 2.75) is 13.5 Å². The predicted molar refractivity (Wildman–Crippen MR) is 105 cm³/mol. The first-order chi connectivity index (χ1) is 12.1. The Labute approximate surface area is 159 Å². The smallest absolute Gasteiger partial charge is 0.217 e. The third-order valence-electron chi connectivity index (χ3n) is 3.69. The van der Waals surface area contributed by atoms with Crippen LogP contribution in [0.5, 0.6) is 5.75 Å². The monoisotopic (exact) mass is 416 g/mol. The van der Waals surface area contributed by atoms with Crippen molar-refractivity contribution >= 4 is 33.2 Å². The van der Waals surface area contributed by atoms with Crippen LogP contribution in [0.15, 0.2) is 52.3 Å². The Morgan fingerprint density at radius 3 is 2.68 bits per heavy atom. The molecule has 0 bridgehead atoms. The number of methoxy groups -OCH3 is 1. The average molecular weight is 417 g/mol. The lowest BCUT2D eigenvalue weighted by molar-refractivity contribution is -0.119. The molecule has 2 aromatic carbocycles. The zero-order valence-corrected chi connectivity index (χ0v) is 16.3. The Bertz CT molecular complexity index is 891. The molecule has 0 aliphatic carbocycles. The van der Waals surface area contributed by atoms with E-state index in [1.165, 1.54) is 6.92 Å². The number of carbonyl (C=O) groups excluding carboxylic acids is 1. The highest BCUT2D eigenvalue weighted by Crippen LogP contribution is 2.36. The minimum atomic E-state index is -0.0313. The predicted octanol–water partition coefficient (Wildman–Crippen LogP) is 4.88. The number of nitrogens with one attached hydrogen (secondary N) is 1. The zero-order valence-electron chi connectivity index (χ0n) is 13.9. The van der Waals surface area contributed by atoms with E-state index in [0.29, 0.717) is 6.54 Å². The minimum Gasteiger partial charge on any atom is -0.496 e. The molecular weight excluding hydrogens is 400 g/mol. The van der Waals surface area contributed by atoms with Gasteiger partial charge in [-0.2, -0.15) is 0 Å². The maximum absolute atomic E-state index is 11.0. The normalized spacial score (nSPS) is 10.5. The van der Waals surface area contributed by atoms with Gasteiger partial charge in [0.15, 0.2) is 0 Å². The fourth-order valence-corrected chi connectivity index (χ4v) is 3.61. The number of halogens is 1. The first-order valence-corrected chi connectivity index (χ1v) is 9.37. The second-order valence-corrected chi connectivity index (χ2v) is 7.26. The van der Waals surface area contributed by atoms with Crippen LogP contribution in [0, 0.1) is 0 Å². The topological polar surface area (TPSA) is 51.2 Å². The van der Waals surface area contributed by atoms with Gasteiger partial charge in [0, 0.05) is 28.9 Å². The van der Waals surface area contributed by atoms with E-state index in [1.807, 2.05) is 47.8 Å². The van der Waals surface area contributed by atoms with Crippen LogP contribution in [0.1, 0.15) is 12.5 Å². The molecule has 1 amide bonds. The van der Waals surface area contributed by atoms with Crippen molar-refractivity contribution in [3.05, 3.63) is 57.9 Å². The molecule has 3 rings (SSSR count). The van der Waals surface area contributed by atoms with E-state index in [0.717, 1.165) is 37.6 Å². The molecule has 4 nitrogen and oxygen atoms in total. The quantitative estimate of drug-likeness (QED) is 0.644. The summed E-state index contributed by atoms with van der Waals surface area (Å²) in [5.74, 6) is 0.769. The van der Waals surface area contributed by atoms with Gasteiger partial charge in [0.25, 0.3) is 0 Å². The van der Waals surface area contributed by atoms with Crippen molar-refractivity contribution in [2.24, 2.45) is 0 Å². The molecule has 0 saturated heterocycles. The maximum Gasteiger partial charge on any atom is 0.217 e. The number of thiazole rings is 1. The van der Waals surface area contributed by atoms with Crippen LogP contribution in [0.3, 0.4) is 0 Å². The Morgan fingerprint density at radius 1 is 1.24 bits per heavy atom. The van der Waals surface area contributed by atoms with Crippen LogP contribution < -0.4 is 10.1 Å². The number of amides is 1. The van der Waals surface area contributed by atoms with Crippen molar-refractivity contribution in [1.82, 2.24) is 10.3 Å². The lowest BCUT2D eigenvalue weighted by atomic mass is 10.1. The van der Waals surface area contributed by atoms with Gasteiger partial charge in [-0.05, 0) is 23.8 Å². The molecule has 0 radical (unpaired) electrons. The van der Waals surface area contributed by atoms with E-state index < -0.39 is 0 Å². The standard InChI is InChI=1S/C19H17BrN2O2S/c1-12(23)21-10-13-3-5-14(6-4-13)17-11-25-19(22-17)16-9-15(20)7-8-18(16)24-2/h3-9,11H,10H2,1-2H3,(H,21,23). The molecule has 0 spiro atoms. The number of nitrogens with zero attached hydrogens (tertiary/aromatic N) is 1. The number of carbonyl (C=O) groups is 1. The van der Waals surface area contributed by atoms with Crippen molar-refractivity contribution in [1.29, 1.82) is 0 Å². The maximum atomic E-state index is 11.0. The van der Waals surface area contributed by atoms with Gasteiger partial charge in [-0.25, -0.2) is 4.98 Å². The van der Waals surface area contributed by atoms with Gasteiger partial charge in [-0.15, -0.1) is 11.3 Å². The fourth-order valence-electron chi connectivity index (χ4n) is 2.40. The zero-order chi connectivity index (χ0) is 17.8. The van der Waals surface area contributed by atoms with E-state index in [-0.39, 0.29) is 5.91 Å². The largest absolute Gasteiger partial charge is 0.496 e. The van der Waals surface area contributed by atoms with E-state index in [4.69, 9.17) is 9.72 Å². The van der Waals surface area contributed by atoms with Crippen LogP contribution >= 0.6 is 27.3 Å². The number of rotatable bonds is 5. The summed E-state index contributed by atoms with van der Waals surface area (Å²) in [6.45, 7) is 2.05. The number of hydrogen-bond acceptors (Lipinski definition) is 4. The van der Waals surface area contributed by atoms with Gasteiger partial charge in [-0.3, -0.25) is 4.79 Å². The van der Waals surface area contributed by atoms with Gasteiger partial charge < -0.3 is 10.1 Å². The molecule has 1 aromatic heterocycles. The summed E-state index contributed by atoms with van der Waals surface area (Å²) >= 11 is 5.08. The van der Waals surface area contributed by atoms with Crippen LogP contribution in [-0.4, -0.2) is 18.0 Å². The third-order valence-corrected chi connectivity index (χ3v) is 5.06. The highest BCUT2D eigenvalue weighted by Gasteiger charge is 2.12. The number of benzene rings is 2. The summed E-state index contributed by atoms with van der Waals surface area (Å²) in [7, 11) is 1.66. The molecule has 0 fully saturated rings. The fraction of sp³-hybridized carbons (Fsp3) is 0.158. The molecule has 6 heteroatoms. The Morgan fingerprint density at radius 2 is 2.00 bits per heavy atom. The summed E-state index contributed by atoms with van der Waals surface area (Å²) in [5, 5.41) is 5.75. The average Bonchev–Trinajstić information content (AvgIpc) is 3.10. The summed E-state index contributed by atoms with van der Waals surface area (Å²) in [6, 6.07) is 13.9. The van der Waals surface area contributed by atoms with E-state index >= 15 is 0 Å². The highest BCUT2D eigenvalue weighted by molar-refractivity contribution is 9.10. The lowest BCUT2D eigenvalue weighted by Gasteiger charge is -2.06. The molecule has 1 N–H and O–H groups in total. The Hall–Kier alpha value is -2.18. The van der Waals surface area contributed by atoms with E-state index in [9.17, 15) is 4.79 Å². The number of ether oxygens (including phenoxy) is 1. The molecule has 3 aromatic rings. The molecular formula is C19H17BrN2O2S. The van der Waals surface area contributed by atoms with Crippen LogP contribution in [0.2, 0.25) is 0 Å². The van der Waals surface area contributed by atoms with Gasteiger partial charge in [0.1, 0.15) is 10.8 Å². The third kappa shape index (κ3) is 4.27. The second-order valence-electron chi connectivity index (χ2n) is 5.49. The molecule has 0 unspecified atom stereocenters. The summed E-state index contributed by atoms with van der Waals surface area (Å²) in [5.41, 5.74) is 4.00. The Balaban J connectivity index is 1.84. The molecule has 25 heavy (non-hydrogen) atoms. The van der Waals surface area contributed by atoms with Crippen LogP contribution in [-0.2, 0) is 11.3 Å². The summed E-state index contributed by atoms with van der Waals surface area (Å²) < 4.78 is 6.43. The molecule has 0 aliphatic rings. The van der Waals surface area contributed by atoms with Gasteiger partial charge in [-0.1, -0.05) is 40.2 Å². The van der Waals surface area contributed by atoms with Crippen molar-refractivity contribution < 1.29 is 9.53 Å². The number of aromatic nitrogens is 1. The first-order valence-electron chi connectivity index (χ1n) is 7.70. The second kappa shape index (κ2) is 7.80. The Kier molecular flexibility index (Phi) is 5.50. The van der Waals surface area contributed by atoms with Crippen molar-refractivity contribution in [2.75, 3.05) is 7.11 Å². The minimum absolute atomic E-state index is 0.0313. The lowest BCUT2D eigenvalue weighted by Crippen LogP contribution is -2.18. The van der Waals surface area contributed by atoms with Gasteiger partial charge >= 0.3 is 0 Å². The van der Waals surface area contributed by atoms with Gasteiger partial charge in [0.2, 0.25) is 5.91 Å². The van der Waals surface area contributed by atoms with E-state index in [1.54, 1.807) is 18.4 Å². The molecule has 0 saturated carbocycles. The van der Waals surface area contributed by atoms with Crippen LogP contribution in [0.4, 0.5) is 0 Å². The van der Waals surface area contributed by atoms with E-state index in [2.05, 4.69) is 21.2 Å². The first kappa shape index (κ1) is 17.6. The summed E-state index contributed by atoms with van der Waals surface area (Å²) in [4.78, 5) is 15.7. The molecule has 1 heterocycles. The van der Waals surface area contributed by atoms with Crippen molar-refractivity contribution in [3.63, 3.8) is 0 Å². The molecule has 0 atom stereocenters. The SMILES string of the molecule is COc1ccc(Br)cc1-c1nc(-c2ccc(CNC(C)=O)cc2)cs1. The van der Waals surface area contributed by atoms with Gasteiger partial charge in [0.05, 0.1) is 18.4 Å². The molecule has 128 valence electrons. The van der Waals surface area contributed by atoms with Crippen LogP contribution in [0.25, 0.3) is 21.8 Å². The highest BCUT2D eigenvalue weighted by atomic mass is 79.9.